The lowest BCUT2D eigenvalue weighted by atomic mass is 10.1. The molecule has 10 heteroatoms. The molecule has 1 unspecified atom stereocenters. The lowest BCUT2D eigenvalue weighted by Gasteiger charge is -2.16. The second-order valence-corrected chi connectivity index (χ2v) is 4.21. The zero-order valence-electron chi connectivity index (χ0n) is 10.5. The van der Waals surface area contributed by atoms with E-state index in [0.717, 1.165) is 6.92 Å². The Morgan fingerprint density at radius 3 is 2.43 bits per heavy atom. The van der Waals surface area contributed by atoms with Gasteiger partial charge in [-0.05, 0) is 13.0 Å². The molecule has 116 valence electrons. The maximum absolute atomic E-state index is 13.7. The van der Waals surface area contributed by atoms with Crippen LogP contribution in [0.1, 0.15) is 23.7 Å². The molecule has 0 aliphatic rings. The first-order valence-electron chi connectivity index (χ1n) is 5.53. The van der Waals surface area contributed by atoms with Crippen LogP contribution in [0.5, 0.6) is 0 Å². The van der Waals surface area contributed by atoms with Crippen LogP contribution in [0, 0.1) is 21.7 Å². The fraction of sp³-hybridized carbons (Fsp3) is 0.364. The van der Waals surface area contributed by atoms with E-state index in [9.17, 15) is 36.9 Å². The van der Waals surface area contributed by atoms with Crippen molar-refractivity contribution < 1.29 is 31.7 Å². The van der Waals surface area contributed by atoms with Gasteiger partial charge in [-0.1, -0.05) is 0 Å². The Balaban J connectivity index is 3.03. The van der Waals surface area contributed by atoms with Gasteiger partial charge in [0.1, 0.15) is 11.4 Å². The molecule has 5 nitrogen and oxygen atoms in total. The molecule has 0 heterocycles. The molecule has 0 bridgehead atoms. The lowest BCUT2D eigenvalue weighted by molar-refractivity contribution is -0.387. The molecular formula is C11H9F5N2O3. The van der Waals surface area contributed by atoms with Gasteiger partial charge in [0.15, 0.2) is 0 Å². The van der Waals surface area contributed by atoms with Crippen molar-refractivity contribution in [1.82, 2.24) is 5.32 Å². The van der Waals surface area contributed by atoms with Crippen molar-refractivity contribution in [1.29, 1.82) is 0 Å². The highest BCUT2D eigenvalue weighted by atomic mass is 19.4. The Bertz CT molecular complexity index is 574. The molecule has 1 atom stereocenters. The number of halogens is 5. The van der Waals surface area contributed by atoms with Crippen molar-refractivity contribution in [3.63, 3.8) is 0 Å². The molecule has 21 heavy (non-hydrogen) atoms. The molecule has 1 rings (SSSR count). The van der Waals surface area contributed by atoms with Crippen molar-refractivity contribution in [2.45, 2.75) is 25.6 Å². The van der Waals surface area contributed by atoms with Gasteiger partial charge in [-0.15, -0.1) is 0 Å². The number of nitro groups is 1. The zero-order valence-corrected chi connectivity index (χ0v) is 10.5. The number of nitrogens with one attached hydrogen (secondary N) is 1. The van der Waals surface area contributed by atoms with Crippen LogP contribution in [-0.2, 0) is 0 Å². The summed E-state index contributed by atoms with van der Waals surface area (Å²) in [6, 6.07) is -0.443. The molecule has 0 aromatic heterocycles. The van der Waals surface area contributed by atoms with Crippen LogP contribution >= 0.6 is 0 Å². The molecule has 1 amide bonds. The zero-order chi connectivity index (χ0) is 16.4. The van der Waals surface area contributed by atoms with E-state index in [-0.39, 0.29) is 0 Å². The number of hydrogen-bond acceptors (Lipinski definition) is 3. The minimum atomic E-state index is -4.58. The number of rotatable bonds is 4. The van der Waals surface area contributed by atoms with Crippen molar-refractivity contribution in [2.75, 3.05) is 0 Å². The minimum Gasteiger partial charge on any atom is -0.349 e. The van der Waals surface area contributed by atoms with Gasteiger partial charge in [-0.25, -0.2) is 4.39 Å². The normalized spacial score (nSPS) is 12.9. The smallest absolute Gasteiger partial charge is 0.349 e. The number of carbonyl (C=O) groups is 1. The average Bonchev–Trinajstić information content (AvgIpc) is 2.24. The Morgan fingerprint density at radius 2 is 1.95 bits per heavy atom. The molecule has 0 radical (unpaired) electrons. The first kappa shape index (κ1) is 16.8. The standard InChI is InChI=1S/C11H9F5N2O3/c1-5(4-11(14,15)16)17-10(19)8-6(12)2-3-7(9(8)13)18(20)21/h2-3,5H,4H2,1H3,(H,17,19). The average molecular weight is 312 g/mol. The van der Waals surface area contributed by atoms with Crippen LogP contribution in [0.15, 0.2) is 12.1 Å². The van der Waals surface area contributed by atoms with Gasteiger partial charge in [-0.2, -0.15) is 17.6 Å². The Hall–Kier alpha value is -2.26. The predicted octanol–water partition coefficient (Wildman–Crippen LogP) is 2.94. The molecule has 0 saturated heterocycles. The monoisotopic (exact) mass is 312 g/mol. The summed E-state index contributed by atoms with van der Waals surface area (Å²) < 4.78 is 63.3. The van der Waals surface area contributed by atoms with Gasteiger partial charge < -0.3 is 5.32 Å². The van der Waals surface area contributed by atoms with Gasteiger partial charge in [-0.3, -0.25) is 14.9 Å². The van der Waals surface area contributed by atoms with Gasteiger partial charge in [0.2, 0.25) is 5.82 Å². The van der Waals surface area contributed by atoms with Crippen LogP contribution in [0.2, 0.25) is 0 Å². The summed E-state index contributed by atoms with van der Waals surface area (Å²) >= 11 is 0. The number of benzene rings is 1. The Labute approximate surface area is 114 Å². The maximum atomic E-state index is 13.7. The van der Waals surface area contributed by atoms with Crippen molar-refractivity contribution in [3.05, 3.63) is 39.4 Å². The van der Waals surface area contributed by atoms with Gasteiger partial charge in [0, 0.05) is 12.1 Å². The highest BCUT2D eigenvalue weighted by molar-refractivity contribution is 5.95. The molecule has 0 aliphatic heterocycles. The third-order valence-corrected chi connectivity index (χ3v) is 2.41. The Kier molecular flexibility index (Phi) is 4.81. The number of alkyl halides is 3. The topological polar surface area (TPSA) is 72.2 Å². The maximum Gasteiger partial charge on any atom is 0.391 e. The van der Waals surface area contributed by atoms with Crippen molar-refractivity contribution in [3.8, 4) is 0 Å². The molecule has 1 aromatic carbocycles. The third-order valence-electron chi connectivity index (χ3n) is 2.41. The fourth-order valence-corrected chi connectivity index (χ4v) is 1.58. The van der Waals surface area contributed by atoms with E-state index in [2.05, 4.69) is 0 Å². The van der Waals surface area contributed by atoms with E-state index >= 15 is 0 Å². The number of nitro benzene ring substituents is 1. The Morgan fingerprint density at radius 1 is 1.38 bits per heavy atom. The molecule has 0 spiro atoms. The summed E-state index contributed by atoms with van der Waals surface area (Å²) in [5.41, 5.74) is -2.44. The molecule has 0 aliphatic carbocycles. The summed E-state index contributed by atoms with van der Waals surface area (Å²) in [7, 11) is 0. The molecule has 1 aromatic rings. The predicted molar refractivity (Wildman–Crippen MR) is 60.6 cm³/mol. The van der Waals surface area contributed by atoms with Crippen LogP contribution in [0.4, 0.5) is 27.6 Å². The molecule has 1 N–H and O–H groups in total. The van der Waals surface area contributed by atoms with Crippen LogP contribution < -0.4 is 5.32 Å². The number of hydrogen-bond donors (Lipinski definition) is 1. The number of amides is 1. The first-order chi connectivity index (χ1) is 9.53. The summed E-state index contributed by atoms with van der Waals surface area (Å²) in [5, 5.41) is 12.2. The highest BCUT2D eigenvalue weighted by Crippen LogP contribution is 2.24. The summed E-state index contributed by atoms with van der Waals surface area (Å²) in [6.07, 6.45) is -5.98. The van der Waals surface area contributed by atoms with E-state index in [1.165, 1.54) is 0 Å². The summed E-state index contributed by atoms with van der Waals surface area (Å²) in [6.45, 7) is 0.985. The second-order valence-electron chi connectivity index (χ2n) is 4.21. The van der Waals surface area contributed by atoms with E-state index in [1.54, 1.807) is 5.32 Å². The first-order valence-corrected chi connectivity index (χ1v) is 5.53. The highest BCUT2D eigenvalue weighted by Gasteiger charge is 2.32. The summed E-state index contributed by atoms with van der Waals surface area (Å²) in [5.74, 6) is -4.64. The van der Waals surface area contributed by atoms with Gasteiger partial charge in [0.25, 0.3) is 5.91 Å². The largest absolute Gasteiger partial charge is 0.391 e. The molecular weight excluding hydrogens is 303 g/mol. The SMILES string of the molecule is CC(CC(F)(F)F)NC(=O)c1c(F)ccc([N+](=O)[O-])c1F. The van der Waals surface area contributed by atoms with Crippen LogP contribution in [-0.4, -0.2) is 23.0 Å². The van der Waals surface area contributed by atoms with Gasteiger partial charge >= 0.3 is 11.9 Å². The minimum absolute atomic E-state index is 0.491. The number of carbonyl (C=O) groups excluding carboxylic acids is 1. The van der Waals surface area contributed by atoms with Gasteiger partial charge in [0.05, 0.1) is 11.3 Å². The summed E-state index contributed by atoms with van der Waals surface area (Å²) in [4.78, 5) is 20.9. The molecule has 0 fully saturated rings. The lowest BCUT2D eigenvalue weighted by Crippen LogP contribution is -2.36. The van der Waals surface area contributed by atoms with E-state index in [0.29, 0.717) is 12.1 Å². The van der Waals surface area contributed by atoms with Crippen LogP contribution in [0.25, 0.3) is 0 Å². The van der Waals surface area contributed by atoms with Crippen LogP contribution in [0.3, 0.4) is 0 Å². The van der Waals surface area contributed by atoms with Crippen molar-refractivity contribution in [2.24, 2.45) is 0 Å². The van der Waals surface area contributed by atoms with E-state index in [1.807, 2.05) is 0 Å². The second kappa shape index (κ2) is 6.02. The van der Waals surface area contributed by atoms with E-state index in [4.69, 9.17) is 0 Å². The van der Waals surface area contributed by atoms with Crippen molar-refractivity contribution >= 4 is 11.6 Å². The quantitative estimate of drug-likeness (QED) is 0.528. The fourth-order valence-electron chi connectivity index (χ4n) is 1.58. The third kappa shape index (κ3) is 4.36. The molecule has 0 saturated carbocycles. The van der Waals surface area contributed by atoms with E-state index < -0.39 is 52.4 Å². The number of nitrogens with zero attached hydrogens (tertiary/aromatic N) is 1.